The molecule has 136 valence electrons. The lowest BCUT2D eigenvalue weighted by atomic mass is 10.1. The molecule has 4 aromatic rings. The van der Waals surface area contributed by atoms with Gasteiger partial charge in [0, 0.05) is 11.1 Å². The van der Waals surface area contributed by atoms with Crippen molar-refractivity contribution in [1.82, 2.24) is 9.97 Å². The number of para-hydroxylation sites is 2. The second kappa shape index (κ2) is 7.16. The van der Waals surface area contributed by atoms with Gasteiger partial charge in [0.15, 0.2) is 0 Å². The molecule has 0 spiro atoms. The summed E-state index contributed by atoms with van der Waals surface area (Å²) in [7, 11) is 1.68. The van der Waals surface area contributed by atoms with Crippen LogP contribution in [0, 0.1) is 13.8 Å². The minimum atomic E-state index is 0.431. The fourth-order valence-electron chi connectivity index (χ4n) is 3.31. The van der Waals surface area contributed by atoms with Crippen LogP contribution in [0.4, 0.5) is 0 Å². The third-order valence-corrected chi connectivity index (χ3v) is 4.53. The lowest BCUT2D eigenvalue weighted by Crippen LogP contribution is -2.00. The summed E-state index contributed by atoms with van der Waals surface area (Å²) >= 11 is 0. The summed E-state index contributed by atoms with van der Waals surface area (Å²) in [6.07, 6.45) is 0. The van der Waals surface area contributed by atoms with E-state index in [9.17, 15) is 0 Å². The molecule has 0 aliphatic heterocycles. The minimum Gasteiger partial charge on any atom is -0.496 e. The largest absolute Gasteiger partial charge is 0.496 e. The zero-order valence-electron chi connectivity index (χ0n) is 15.7. The first kappa shape index (κ1) is 17.2. The molecule has 0 aliphatic carbocycles. The third kappa shape index (κ3) is 3.65. The average Bonchev–Trinajstić information content (AvgIpc) is 3.09. The molecule has 27 heavy (non-hydrogen) atoms. The number of methoxy groups -OCH3 is 1. The monoisotopic (exact) mass is 358 g/mol. The highest BCUT2D eigenvalue weighted by Gasteiger charge is 2.10. The van der Waals surface area contributed by atoms with Gasteiger partial charge < -0.3 is 14.5 Å². The van der Waals surface area contributed by atoms with Crippen LogP contribution in [0.2, 0.25) is 0 Å². The van der Waals surface area contributed by atoms with Gasteiger partial charge in [0.2, 0.25) is 0 Å². The number of aromatic nitrogens is 2. The van der Waals surface area contributed by atoms with Gasteiger partial charge in [-0.25, -0.2) is 4.98 Å². The fourth-order valence-corrected chi connectivity index (χ4v) is 3.31. The van der Waals surface area contributed by atoms with Crippen molar-refractivity contribution in [2.24, 2.45) is 0 Å². The predicted molar refractivity (Wildman–Crippen MR) is 108 cm³/mol. The molecule has 4 nitrogen and oxygen atoms in total. The first-order chi connectivity index (χ1) is 13.1. The lowest BCUT2D eigenvalue weighted by Gasteiger charge is -2.12. The Balaban J connectivity index is 1.64. The zero-order chi connectivity index (χ0) is 18.8. The molecule has 4 heteroatoms. The summed E-state index contributed by atoms with van der Waals surface area (Å²) in [5.41, 5.74) is 6.34. The van der Waals surface area contributed by atoms with E-state index >= 15 is 0 Å². The number of aromatic amines is 1. The molecular weight excluding hydrogens is 336 g/mol. The fraction of sp³-hybridized carbons (Fsp3) is 0.174. The molecule has 0 unspecified atom stereocenters. The Kier molecular flexibility index (Phi) is 4.55. The lowest BCUT2D eigenvalue weighted by molar-refractivity contribution is 0.296. The summed E-state index contributed by atoms with van der Waals surface area (Å²) in [6.45, 7) is 4.57. The van der Waals surface area contributed by atoms with Crippen molar-refractivity contribution in [2.75, 3.05) is 7.11 Å². The molecule has 1 heterocycles. The SMILES string of the molecule is COc1ccc(-c2nc3ccccc3[nH]2)cc1COc1cc(C)cc(C)c1. The number of hydrogen-bond acceptors (Lipinski definition) is 3. The number of nitrogens with zero attached hydrogens (tertiary/aromatic N) is 1. The van der Waals surface area contributed by atoms with Gasteiger partial charge in [-0.2, -0.15) is 0 Å². The van der Waals surface area contributed by atoms with Crippen molar-refractivity contribution < 1.29 is 9.47 Å². The summed E-state index contributed by atoms with van der Waals surface area (Å²) in [5.74, 6) is 2.51. The van der Waals surface area contributed by atoms with Gasteiger partial charge >= 0.3 is 0 Å². The van der Waals surface area contributed by atoms with Crippen LogP contribution in [-0.2, 0) is 6.61 Å². The van der Waals surface area contributed by atoms with Crippen LogP contribution >= 0.6 is 0 Å². The Morgan fingerprint density at radius 3 is 2.44 bits per heavy atom. The third-order valence-electron chi connectivity index (χ3n) is 4.53. The number of ether oxygens (including phenoxy) is 2. The van der Waals surface area contributed by atoms with E-state index in [4.69, 9.17) is 9.47 Å². The van der Waals surface area contributed by atoms with Crippen molar-refractivity contribution in [1.29, 1.82) is 0 Å². The number of aryl methyl sites for hydroxylation is 2. The molecule has 0 fully saturated rings. The average molecular weight is 358 g/mol. The summed E-state index contributed by atoms with van der Waals surface area (Å²) in [5, 5.41) is 0. The number of benzene rings is 3. The molecule has 0 saturated carbocycles. The van der Waals surface area contributed by atoms with Gasteiger partial charge in [-0.1, -0.05) is 18.2 Å². The maximum absolute atomic E-state index is 6.04. The smallest absolute Gasteiger partial charge is 0.138 e. The Bertz CT molecular complexity index is 1050. The van der Waals surface area contributed by atoms with Crippen molar-refractivity contribution in [3.8, 4) is 22.9 Å². The van der Waals surface area contributed by atoms with Crippen LogP contribution in [0.25, 0.3) is 22.4 Å². The second-order valence-electron chi connectivity index (χ2n) is 6.74. The summed E-state index contributed by atoms with van der Waals surface area (Å²) < 4.78 is 11.6. The second-order valence-corrected chi connectivity index (χ2v) is 6.74. The Labute approximate surface area is 158 Å². The van der Waals surface area contributed by atoms with Crippen molar-refractivity contribution >= 4 is 11.0 Å². The highest BCUT2D eigenvalue weighted by molar-refractivity contribution is 5.79. The highest BCUT2D eigenvalue weighted by atomic mass is 16.5. The van der Waals surface area contributed by atoms with E-state index in [0.29, 0.717) is 6.61 Å². The molecule has 1 N–H and O–H groups in total. The Hall–Kier alpha value is -3.27. The van der Waals surface area contributed by atoms with Crippen LogP contribution < -0.4 is 9.47 Å². The van der Waals surface area contributed by atoms with Gasteiger partial charge in [-0.15, -0.1) is 0 Å². The number of rotatable bonds is 5. The van der Waals surface area contributed by atoms with E-state index in [0.717, 1.165) is 39.5 Å². The molecular formula is C23H22N2O2. The van der Waals surface area contributed by atoms with Crippen molar-refractivity contribution in [3.05, 3.63) is 77.4 Å². The van der Waals surface area contributed by atoms with Gasteiger partial charge in [0.05, 0.1) is 18.1 Å². The molecule has 1 aromatic heterocycles. The molecule has 0 bridgehead atoms. The molecule has 3 aromatic carbocycles. The van der Waals surface area contributed by atoms with Gasteiger partial charge in [0.1, 0.15) is 23.9 Å². The van der Waals surface area contributed by atoms with Crippen LogP contribution in [0.3, 0.4) is 0 Å². The Morgan fingerprint density at radius 1 is 0.926 bits per heavy atom. The molecule has 0 aliphatic rings. The number of fused-ring (bicyclic) bond motifs is 1. The van der Waals surface area contributed by atoms with E-state index in [1.54, 1.807) is 7.11 Å². The first-order valence-electron chi connectivity index (χ1n) is 8.95. The van der Waals surface area contributed by atoms with Crippen molar-refractivity contribution in [3.63, 3.8) is 0 Å². The molecule has 4 rings (SSSR count). The summed E-state index contributed by atoms with van der Waals surface area (Å²) in [4.78, 5) is 8.06. The number of H-pyrrole nitrogens is 1. The first-order valence-corrected chi connectivity index (χ1v) is 8.95. The molecule has 0 radical (unpaired) electrons. The Morgan fingerprint density at radius 2 is 1.70 bits per heavy atom. The maximum atomic E-state index is 6.04. The van der Waals surface area contributed by atoms with E-state index < -0.39 is 0 Å². The highest BCUT2D eigenvalue weighted by Crippen LogP contribution is 2.28. The van der Waals surface area contributed by atoms with Crippen LogP contribution in [0.1, 0.15) is 16.7 Å². The zero-order valence-corrected chi connectivity index (χ0v) is 15.7. The van der Waals surface area contributed by atoms with Crippen LogP contribution in [0.15, 0.2) is 60.7 Å². The maximum Gasteiger partial charge on any atom is 0.138 e. The molecule has 0 saturated heterocycles. The predicted octanol–water partition coefficient (Wildman–Crippen LogP) is 5.43. The standard InChI is InChI=1S/C23H22N2O2/c1-15-10-16(2)12-19(11-15)27-14-18-13-17(8-9-22(18)26-3)23-24-20-6-4-5-7-21(20)25-23/h4-13H,14H2,1-3H3,(H,24,25). The molecule has 0 atom stereocenters. The minimum absolute atomic E-state index is 0.431. The molecule has 0 amide bonds. The number of nitrogens with one attached hydrogen (secondary N) is 1. The van der Waals surface area contributed by atoms with E-state index in [1.165, 1.54) is 11.1 Å². The quantitative estimate of drug-likeness (QED) is 0.517. The number of imidazole rings is 1. The summed E-state index contributed by atoms with van der Waals surface area (Å²) in [6, 6.07) is 20.3. The van der Waals surface area contributed by atoms with Gasteiger partial charge in [0.25, 0.3) is 0 Å². The van der Waals surface area contributed by atoms with E-state index in [2.05, 4.69) is 35.9 Å². The number of hydrogen-bond donors (Lipinski definition) is 1. The van der Waals surface area contributed by atoms with Crippen molar-refractivity contribution in [2.45, 2.75) is 20.5 Å². The van der Waals surface area contributed by atoms with Gasteiger partial charge in [-0.3, -0.25) is 0 Å². The van der Waals surface area contributed by atoms with Gasteiger partial charge in [-0.05, 0) is 67.4 Å². The normalized spacial score (nSPS) is 10.9. The van der Waals surface area contributed by atoms with E-state index in [1.807, 2.05) is 48.5 Å². The van der Waals surface area contributed by atoms with Crippen LogP contribution in [-0.4, -0.2) is 17.1 Å². The van der Waals surface area contributed by atoms with Crippen LogP contribution in [0.5, 0.6) is 11.5 Å². The topological polar surface area (TPSA) is 47.1 Å². The van der Waals surface area contributed by atoms with E-state index in [-0.39, 0.29) is 0 Å².